The Morgan fingerprint density at radius 3 is 1.99 bits per heavy atom. The van der Waals surface area contributed by atoms with E-state index in [0.29, 0.717) is 47.2 Å². The SMILES string of the molecule is CCCCCCc1ccsc1-c1ccnc(-c2cc(C(F)(F)F)n[n-]2)c1.O=COc1ccnc(-c2cc(OC=O)cc(-c3cc(C#Cc4ccc5cc6ccccc6cc5c4)ccn3)n2)c1.[N-]=C=S.[Ru+2]. The molecule has 0 aliphatic carbocycles. The van der Waals surface area contributed by atoms with Crippen LogP contribution in [0.3, 0.4) is 0 Å². The second-order valence-corrected chi connectivity index (χ2v) is 16.1. The number of pyridine rings is 4. The monoisotopic (exact) mass is 1060 g/mol. The van der Waals surface area contributed by atoms with Gasteiger partial charge in [0.1, 0.15) is 17.2 Å². The van der Waals surface area contributed by atoms with Crippen molar-refractivity contribution in [2.45, 2.75) is 45.2 Å². The Hall–Kier alpha value is -7.60. The minimum atomic E-state index is -4.50. The van der Waals surface area contributed by atoms with Crippen LogP contribution in [0, 0.1) is 11.8 Å². The number of hydrogen-bond donors (Lipinski definition) is 0. The Morgan fingerprint density at radius 1 is 0.686 bits per heavy atom. The van der Waals surface area contributed by atoms with Crippen molar-refractivity contribution >= 4 is 63.2 Å². The standard InChI is InChI=1S/C33H19N3O4.C19H19F3N3S.CNS.Ru/c37-20-39-28-10-12-35-31(17-28)33-19-29(40-21-38)18-32(36-33)30-14-23(9-11-34-30)6-5-22-7-8-26-15-24-3-1-2-4-25(24)16-27(26)13-22;1-2-3-4-5-6-13-8-10-26-18(13)14-7-9-23-15(11-14)16-12-17(25-24-16)19(20,21)22;2-1-3;/h1-4,7-21H;7-12H,2-6H2,1H3;;/q;2*-1;+2. The van der Waals surface area contributed by atoms with Crippen LogP contribution in [0.15, 0.2) is 139 Å². The summed E-state index contributed by atoms with van der Waals surface area (Å²) in [6, 6.07) is 35.5. The maximum Gasteiger partial charge on any atom is 2.00 e. The van der Waals surface area contributed by atoms with Gasteiger partial charge in [0.15, 0.2) is 0 Å². The minimum absolute atomic E-state index is 0. The Balaban J connectivity index is 0.000000232. The molecule has 3 aromatic carbocycles. The fraction of sp³-hybridized carbons (Fsp3) is 0.132. The van der Waals surface area contributed by atoms with Gasteiger partial charge in [-0.15, -0.1) is 11.3 Å². The average Bonchev–Trinajstić information content (AvgIpc) is 4.07. The molecule has 350 valence electrons. The first kappa shape index (κ1) is 51.8. The second kappa shape index (κ2) is 25.1. The normalized spacial score (nSPS) is 10.5. The van der Waals surface area contributed by atoms with Gasteiger partial charge in [-0.3, -0.25) is 24.5 Å². The number of rotatable bonds is 13. The number of nitrogens with zero attached hydrogens (tertiary/aromatic N) is 7. The van der Waals surface area contributed by atoms with Crippen LogP contribution in [0.1, 0.15) is 55.0 Å². The predicted octanol–water partition coefficient (Wildman–Crippen LogP) is 12.6. The third-order valence-electron chi connectivity index (χ3n) is 10.4. The quantitative estimate of drug-likeness (QED) is 0.0206. The van der Waals surface area contributed by atoms with Crippen LogP contribution in [-0.2, 0) is 41.7 Å². The molecule has 0 amide bonds. The van der Waals surface area contributed by atoms with E-state index in [1.807, 2.05) is 36.4 Å². The molecule has 9 aromatic rings. The van der Waals surface area contributed by atoms with Crippen molar-refractivity contribution in [1.82, 2.24) is 30.1 Å². The van der Waals surface area contributed by atoms with E-state index in [0.717, 1.165) is 51.2 Å². The van der Waals surface area contributed by atoms with Crippen molar-refractivity contribution in [3.8, 4) is 67.9 Å². The Labute approximate surface area is 422 Å². The number of isothiocyanates is 1. The van der Waals surface area contributed by atoms with Crippen molar-refractivity contribution in [3.63, 3.8) is 0 Å². The average molecular weight is 1060 g/mol. The molecule has 0 unspecified atom stereocenters. The van der Waals surface area contributed by atoms with E-state index in [4.69, 9.17) is 14.9 Å². The first-order valence-electron chi connectivity index (χ1n) is 21.3. The second-order valence-electron chi connectivity index (χ2n) is 15.0. The molecule has 0 radical (unpaired) electrons. The molecule has 6 heterocycles. The van der Waals surface area contributed by atoms with Gasteiger partial charge in [-0.05, 0) is 118 Å². The minimum Gasteiger partial charge on any atom is -0.753 e. The molecular weight excluding hydrogens is 1020 g/mol. The van der Waals surface area contributed by atoms with Gasteiger partial charge in [-0.2, -0.15) is 18.3 Å². The van der Waals surface area contributed by atoms with Crippen molar-refractivity contribution in [3.05, 3.63) is 167 Å². The maximum absolute atomic E-state index is 12.7. The molecule has 6 aromatic heterocycles. The number of thiophene rings is 1. The van der Waals surface area contributed by atoms with E-state index in [1.54, 1.807) is 54.1 Å². The topological polar surface area (TPSA) is 153 Å². The molecule has 0 spiro atoms. The number of benzene rings is 3. The van der Waals surface area contributed by atoms with E-state index < -0.39 is 11.9 Å². The number of thiocarbonyl (C=S) groups is 1. The van der Waals surface area contributed by atoms with Crippen LogP contribution < -0.4 is 14.6 Å². The summed E-state index contributed by atoms with van der Waals surface area (Å²) in [5.41, 5.74) is 5.24. The molecule has 0 aliphatic rings. The van der Waals surface area contributed by atoms with Crippen molar-refractivity contribution in [2.24, 2.45) is 0 Å². The molecule has 11 nitrogen and oxygen atoms in total. The Morgan fingerprint density at radius 2 is 1.30 bits per heavy atom. The van der Waals surface area contributed by atoms with Crippen LogP contribution in [0.25, 0.3) is 71.6 Å². The van der Waals surface area contributed by atoms with Gasteiger partial charge < -0.3 is 25.1 Å². The fourth-order valence-corrected chi connectivity index (χ4v) is 8.13. The molecular formula is C53H38F3N7O4RuS2. The summed E-state index contributed by atoms with van der Waals surface area (Å²) in [7, 11) is 0. The van der Waals surface area contributed by atoms with E-state index in [-0.39, 0.29) is 30.9 Å². The number of hydrogen-bond acceptors (Lipinski definition) is 11. The number of alkyl halides is 3. The summed E-state index contributed by atoms with van der Waals surface area (Å²) in [6.07, 6.45) is 6.03. The van der Waals surface area contributed by atoms with Gasteiger partial charge >= 0.3 is 25.7 Å². The van der Waals surface area contributed by atoms with Gasteiger partial charge in [-0.1, -0.05) is 86.3 Å². The van der Waals surface area contributed by atoms with E-state index in [1.165, 1.54) is 47.0 Å². The van der Waals surface area contributed by atoms with Crippen LogP contribution >= 0.6 is 23.6 Å². The largest absolute Gasteiger partial charge is 2.00 e. The Kier molecular flexibility index (Phi) is 18.6. The third kappa shape index (κ3) is 13.8. The van der Waals surface area contributed by atoms with Gasteiger partial charge in [0.25, 0.3) is 12.9 Å². The van der Waals surface area contributed by atoms with Crippen molar-refractivity contribution in [2.75, 3.05) is 0 Å². The zero-order chi connectivity index (χ0) is 48.6. The smallest absolute Gasteiger partial charge is 0.753 e. The summed E-state index contributed by atoms with van der Waals surface area (Å²) in [5.74, 6) is 7.03. The zero-order valence-corrected chi connectivity index (χ0v) is 40.4. The van der Waals surface area contributed by atoms with E-state index in [9.17, 15) is 22.8 Å². The molecule has 70 heavy (non-hydrogen) atoms. The first-order valence-corrected chi connectivity index (χ1v) is 22.6. The summed E-state index contributed by atoms with van der Waals surface area (Å²) < 4.78 is 48.2. The fourth-order valence-electron chi connectivity index (χ4n) is 7.18. The third-order valence-corrected chi connectivity index (χ3v) is 11.4. The van der Waals surface area contributed by atoms with Crippen molar-refractivity contribution < 1.29 is 51.7 Å². The van der Waals surface area contributed by atoms with Crippen molar-refractivity contribution in [1.29, 1.82) is 0 Å². The van der Waals surface area contributed by atoms with Gasteiger partial charge in [0, 0.05) is 52.8 Å². The van der Waals surface area contributed by atoms with E-state index >= 15 is 0 Å². The summed E-state index contributed by atoms with van der Waals surface area (Å²) in [4.78, 5) is 40.5. The Bertz CT molecular complexity index is 3350. The van der Waals surface area contributed by atoms with Gasteiger partial charge in [-0.25, -0.2) is 4.98 Å². The maximum atomic E-state index is 12.7. The molecule has 0 aliphatic heterocycles. The molecule has 0 fully saturated rings. The zero-order valence-electron chi connectivity index (χ0n) is 37.0. The molecule has 17 heteroatoms. The number of carbonyl (C=O) groups is 2. The number of ether oxygens (including phenoxy) is 2. The predicted molar refractivity (Wildman–Crippen MR) is 264 cm³/mol. The molecule has 0 N–H and O–H groups in total. The first-order chi connectivity index (χ1) is 33.6. The number of aryl methyl sites for hydroxylation is 1. The van der Waals surface area contributed by atoms with Crippen LogP contribution in [0.2, 0.25) is 0 Å². The molecule has 9 rings (SSSR count). The molecule has 0 saturated carbocycles. The van der Waals surface area contributed by atoms with E-state index in [2.05, 4.69) is 109 Å². The van der Waals surface area contributed by atoms with Crippen LogP contribution in [-0.4, -0.2) is 43.1 Å². The van der Waals surface area contributed by atoms with Gasteiger partial charge in [0.05, 0.1) is 28.5 Å². The number of halogens is 3. The summed E-state index contributed by atoms with van der Waals surface area (Å²) in [5, 5.41) is 22.1. The van der Waals surface area contributed by atoms with Crippen LogP contribution in [0.5, 0.6) is 11.5 Å². The van der Waals surface area contributed by atoms with Crippen LogP contribution in [0.4, 0.5) is 13.2 Å². The number of aromatic nitrogens is 6. The molecule has 0 bridgehead atoms. The number of carbonyl (C=O) groups excluding carboxylic acids is 2. The number of fused-ring (bicyclic) bond motifs is 2. The van der Waals surface area contributed by atoms with Gasteiger partial charge in [0.2, 0.25) is 0 Å². The summed E-state index contributed by atoms with van der Waals surface area (Å²) in [6.45, 7) is 2.86. The summed E-state index contributed by atoms with van der Waals surface area (Å²) >= 11 is 5.34. The number of unbranched alkanes of at least 4 members (excludes halogenated alkanes) is 3. The molecule has 0 saturated heterocycles. The molecule has 0 atom stereocenters.